The molecule has 0 bridgehead atoms. The molecule has 1 fully saturated rings. The second kappa shape index (κ2) is 5.67. The molecule has 0 radical (unpaired) electrons. The fourth-order valence-electron chi connectivity index (χ4n) is 2.45. The van der Waals surface area contributed by atoms with Crippen LogP contribution in [0, 0.1) is 0 Å². The fourth-order valence-corrected chi connectivity index (χ4v) is 2.45. The van der Waals surface area contributed by atoms with Gasteiger partial charge in [0.25, 0.3) is 0 Å². The van der Waals surface area contributed by atoms with Crippen molar-refractivity contribution in [3.63, 3.8) is 0 Å². The number of aliphatic hydroxyl groups is 1. The monoisotopic (exact) mass is 241 g/mol. The molecule has 1 aliphatic carbocycles. The summed E-state index contributed by atoms with van der Waals surface area (Å²) in [4.78, 5) is 0. The highest BCUT2D eigenvalue weighted by molar-refractivity contribution is 5.85. The van der Waals surface area contributed by atoms with Crippen LogP contribution in [-0.2, 0) is 0 Å². The first-order valence-corrected chi connectivity index (χ1v) is 5.74. The lowest BCUT2D eigenvalue weighted by Crippen LogP contribution is -2.47. The Bertz CT molecular complexity index is 309. The molecule has 1 aliphatic rings. The predicted octanol–water partition coefficient (Wildman–Crippen LogP) is 2.80. The van der Waals surface area contributed by atoms with Crippen molar-refractivity contribution in [2.24, 2.45) is 5.73 Å². The molecular weight excluding hydrogens is 222 g/mol. The van der Waals surface area contributed by atoms with Gasteiger partial charge in [-0.15, -0.1) is 12.4 Å². The Balaban J connectivity index is 0.00000128. The number of halogens is 1. The molecule has 0 aromatic heterocycles. The summed E-state index contributed by atoms with van der Waals surface area (Å²) in [5.41, 5.74) is 6.83. The molecule has 1 aromatic carbocycles. The van der Waals surface area contributed by atoms with E-state index in [-0.39, 0.29) is 12.4 Å². The maximum Gasteiger partial charge on any atom is 0.0969 e. The van der Waals surface area contributed by atoms with Crippen molar-refractivity contribution >= 4 is 12.4 Å². The van der Waals surface area contributed by atoms with Crippen LogP contribution in [0.4, 0.5) is 0 Å². The van der Waals surface area contributed by atoms with Gasteiger partial charge in [0.15, 0.2) is 0 Å². The molecule has 1 atom stereocenters. The summed E-state index contributed by atoms with van der Waals surface area (Å²) in [6.07, 6.45) is 4.88. The Morgan fingerprint density at radius 3 is 2.19 bits per heavy atom. The molecule has 2 rings (SSSR count). The van der Waals surface area contributed by atoms with Gasteiger partial charge in [0.2, 0.25) is 0 Å². The lowest BCUT2D eigenvalue weighted by molar-refractivity contribution is 0.0587. The minimum Gasteiger partial charge on any atom is -0.386 e. The van der Waals surface area contributed by atoms with Crippen LogP contribution in [0.2, 0.25) is 0 Å². The van der Waals surface area contributed by atoms with Gasteiger partial charge in [0.05, 0.1) is 6.10 Å². The predicted molar refractivity (Wildman–Crippen MR) is 68.7 cm³/mol. The highest BCUT2D eigenvalue weighted by atomic mass is 35.5. The van der Waals surface area contributed by atoms with E-state index in [1.165, 1.54) is 6.42 Å². The van der Waals surface area contributed by atoms with Crippen LogP contribution >= 0.6 is 12.4 Å². The Kier molecular flexibility index (Phi) is 4.78. The third kappa shape index (κ3) is 2.76. The number of hydrogen-bond acceptors (Lipinski definition) is 2. The van der Waals surface area contributed by atoms with Crippen LogP contribution in [0.5, 0.6) is 0 Å². The number of hydrogen-bond donors (Lipinski definition) is 2. The van der Waals surface area contributed by atoms with Gasteiger partial charge in [-0.3, -0.25) is 0 Å². The first-order chi connectivity index (χ1) is 7.22. The third-order valence-electron chi connectivity index (χ3n) is 3.44. The minimum absolute atomic E-state index is 0. The van der Waals surface area contributed by atoms with Crippen LogP contribution < -0.4 is 5.73 Å². The molecule has 1 saturated carbocycles. The quantitative estimate of drug-likeness (QED) is 0.837. The summed E-state index contributed by atoms with van der Waals surface area (Å²) < 4.78 is 0. The molecule has 0 heterocycles. The van der Waals surface area contributed by atoms with Gasteiger partial charge in [-0.25, -0.2) is 0 Å². The molecule has 3 N–H and O–H groups in total. The Morgan fingerprint density at radius 2 is 1.62 bits per heavy atom. The zero-order valence-electron chi connectivity index (χ0n) is 9.43. The number of nitrogens with two attached hydrogens (primary N) is 1. The Hall–Kier alpha value is -0.570. The first kappa shape index (κ1) is 13.5. The summed E-state index contributed by atoms with van der Waals surface area (Å²) in [5.74, 6) is 0. The molecular formula is C13H20ClNO. The van der Waals surface area contributed by atoms with Crippen LogP contribution in [0.25, 0.3) is 0 Å². The maximum absolute atomic E-state index is 10.3. The molecule has 0 spiro atoms. The van der Waals surface area contributed by atoms with Gasteiger partial charge >= 0.3 is 0 Å². The van der Waals surface area contributed by atoms with Gasteiger partial charge in [0, 0.05) is 5.54 Å². The van der Waals surface area contributed by atoms with Gasteiger partial charge in [-0.05, 0) is 18.4 Å². The van der Waals surface area contributed by atoms with Crippen molar-refractivity contribution < 1.29 is 5.11 Å². The molecule has 90 valence electrons. The zero-order valence-corrected chi connectivity index (χ0v) is 10.2. The molecule has 1 aromatic rings. The van der Waals surface area contributed by atoms with Crippen molar-refractivity contribution in [3.05, 3.63) is 35.9 Å². The number of rotatable bonds is 2. The van der Waals surface area contributed by atoms with Crippen molar-refractivity contribution in [2.45, 2.75) is 43.7 Å². The molecule has 0 aliphatic heterocycles. The van der Waals surface area contributed by atoms with Crippen LogP contribution in [0.1, 0.15) is 43.8 Å². The van der Waals surface area contributed by atoms with Gasteiger partial charge in [0.1, 0.15) is 0 Å². The smallest absolute Gasteiger partial charge is 0.0969 e. The molecule has 1 unspecified atom stereocenters. The van der Waals surface area contributed by atoms with E-state index in [9.17, 15) is 5.11 Å². The van der Waals surface area contributed by atoms with E-state index in [0.29, 0.717) is 0 Å². The number of aliphatic hydroxyl groups excluding tert-OH is 1. The lowest BCUT2D eigenvalue weighted by Gasteiger charge is -2.37. The van der Waals surface area contributed by atoms with E-state index >= 15 is 0 Å². The van der Waals surface area contributed by atoms with E-state index in [2.05, 4.69) is 0 Å². The van der Waals surface area contributed by atoms with E-state index in [0.717, 1.165) is 31.2 Å². The Morgan fingerprint density at radius 1 is 1.06 bits per heavy atom. The average Bonchev–Trinajstić information content (AvgIpc) is 2.30. The SMILES string of the molecule is Cl.NC1(C(O)c2ccccc2)CCCCC1. The van der Waals surface area contributed by atoms with E-state index in [1.54, 1.807) is 0 Å². The van der Waals surface area contributed by atoms with Gasteiger partial charge in [-0.2, -0.15) is 0 Å². The standard InChI is InChI=1S/C13H19NO.ClH/c14-13(9-5-2-6-10-13)12(15)11-7-3-1-4-8-11;/h1,3-4,7-8,12,15H,2,5-6,9-10,14H2;1H. The summed E-state index contributed by atoms with van der Waals surface area (Å²) in [7, 11) is 0. The van der Waals surface area contributed by atoms with Crippen molar-refractivity contribution in [1.82, 2.24) is 0 Å². The fraction of sp³-hybridized carbons (Fsp3) is 0.538. The van der Waals surface area contributed by atoms with Gasteiger partial charge < -0.3 is 10.8 Å². The normalized spacial score (nSPS) is 20.9. The second-order valence-electron chi connectivity index (χ2n) is 4.61. The second-order valence-corrected chi connectivity index (χ2v) is 4.61. The third-order valence-corrected chi connectivity index (χ3v) is 3.44. The van der Waals surface area contributed by atoms with E-state index < -0.39 is 11.6 Å². The van der Waals surface area contributed by atoms with E-state index in [1.807, 2.05) is 30.3 Å². The molecule has 0 amide bonds. The topological polar surface area (TPSA) is 46.2 Å². The van der Waals surface area contributed by atoms with Crippen LogP contribution in [0.15, 0.2) is 30.3 Å². The van der Waals surface area contributed by atoms with Gasteiger partial charge in [-0.1, -0.05) is 49.6 Å². The lowest BCUT2D eigenvalue weighted by atomic mass is 9.76. The van der Waals surface area contributed by atoms with Crippen molar-refractivity contribution in [2.75, 3.05) is 0 Å². The maximum atomic E-state index is 10.3. The molecule has 16 heavy (non-hydrogen) atoms. The first-order valence-electron chi connectivity index (χ1n) is 5.74. The molecule has 3 heteroatoms. The molecule has 2 nitrogen and oxygen atoms in total. The molecule has 0 saturated heterocycles. The highest BCUT2D eigenvalue weighted by Gasteiger charge is 2.35. The minimum atomic E-state index is -0.515. The highest BCUT2D eigenvalue weighted by Crippen LogP contribution is 2.36. The average molecular weight is 242 g/mol. The summed E-state index contributed by atoms with van der Waals surface area (Å²) in [6.45, 7) is 0. The van der Waals surface area contributed by atoms with E-state index in [4.69, 9.17) is 5.73 Å². The Labute approximate surface area is 103 Å². The number of benzene rings is 1. The summed E-state index contributed by atoms with van der Waals surface area (Å²) in [6, 6.07) is 9.76. The van der Waals surface area contributed by atoms with Crippen molar-refractivity contribution in [1.29, 1.82) is 0 Å². The largest absolute Gasteiger partial charge is 0.386 e. The van der Waals surface area contributed by atoms with Crippen LogP contribution in [-0.4, -0.2) is 10.6 Å². The zero-order chi connectivity index (χ0) is 10.7. The summed E-state index contributed by atoms with van der Waals surface area (Å²) >= 11 is 0. The van der Waals surface area contributed by atoms with Crippen LogP contribution in [0.3, 0.4) is 0 Å². The van der Waals surface area contributed by atoms with Crippen molar-refractivity contribution in [3.8, 4) is 0 Å². The summed E-state index contributed by atoms with van der Waals surface area (Å²) in [5, 5.41) is 10.3.